The van der Waals surface area contributed by atoms with Crippen LogP contribution in [-0.4, -0.2) is 23.8 Å². The van der Waals surface area contributed by atoms with Gasteiger partial charge < -0.3 is 19.8 Å². The van der Waals surface area contributed by atoms with E-state index in [0.29, 0.717) is 11.5 Å². The molecule has 0 saturated carbocycles. The Labute approximate surface area is 129 Å². The second-order valence-electron chi connectivity index (χ2n) is 5.20. The van der Waals surface area contributed by atoms with Gasteiger partial charge >= 0.3 is 0 Å². The van der Waals surface area contributed by atoms with E-state index in [-0.39, 0.29) is 0 Å². The highest BCUT2D eigenvalue weighted by molar-refractivity contribution is 5.80. The summed E-state index contributed by atoms with van der Waals surface area (Å²) in [5, 5.41) is 0. The Bertz CT molecular complexity index is 807. The number of fused-ring (bicyclic) bond motifs is 1. The minimum atomic E-state index is 0.687. The van der Waals surface area contributed by atoms with Gasteiger partial charge in [0.05, 0.1) is 25.3 Å². The number of ether oxygens (including phenoxy) is 2. The van der Waals surface area contributed by atoms with Gasteiger partial charge in [0.15, 0.2) is 11.5 Å². The van der Waals surface area contributed by atoms with E-state index in [1.54, 1.807) is 14.2 Å². The van der Waals surface area contributed by atoms with Gasteiger partial charge in [-0.25, -0.2) is 4.98 Å². The Hall–Kier alpha value is -2.69. The van der Waals surface area contributed by atoms with Gasteiger partial charge in [-0.15, -0.1) is 0 Å². The van der Waals surface area contributed by atoms with E-state index in [4.69, 9.17) is 20.2 Å². The lowest BCUT2D eigenvalue weighted by molar-refractivity contribution is 0.355. The molecule has 0 aliphatic heterocycles. The predicted molar refractivity (Wildman–Crippen MR) is 87.5 cm³/mol. The number of hydrogen-bond donors (Lipinski definition) is 1. The molecule has 0 radical (unpaired) electrons. The minimum absolute atomic E-state index is 0.687. The fraction of sp³-hybridized carbons (Fsp3) is 0.235. The molecule has 0 fully saturated rings. The van der Waals surface area contributed by atoms with Crippen molar-refractivity contribution >= 4 is 16.7 Å². The van der Waals surface area contributed by atoms with Crippen LogP contribution < -0.4 is 15.2 Å². The summed E-state index contributed by atoms with van der Waals surface area (Å²) in [7, 11) is 5.27. The second kappa shape index (κ2) is 5.60. The number of benzene rings is 2. The Morgan fingerprint density at radius 3 is 2.32 bits per heavy atom. The molecule has 0 aliphatic carbocycles. The summed E-state index contributed by atoms with van der Waals surface area (Å²) >= 11 is 0. The van der Waals surface area contributed by atoms with Crippen LogP contribution in [0.25, 0.3) is 11.0 Å². The molecule has 1 heterocycles. The maximum atomic E-state index is 5.73. The maximum absolute atomic E-state index is 5.73. The fourth-order valence-corrected chi connectivity index (χ4v) is 2.54. The fourth-order valence-electron chi connectivity index (χ4n) is 2.54. The lowest BCUT2D eigenvalue weighted by atomic mass is 10.1. The summed E-state index contributed by atoms with van der Waals surface area (Å²) in [6.07, 6.45) is 0.746. The Kier molecular flexibility index (Phi) is 3.63. The summed E-state index contributed by atoms with van der Waals surface area (Å²) < 4.78 is 12.8. The van der Waals surface area contributed by atoms with Crippen molar-refractivity contribution < 1.29 is 9.47 Å². The highest BCUT2D eigenvalue weighted by atomic mass is 16.5. The molecular formula is C17H19N3O2. The van der Waals surface area contributed by atoms with E-state index in [1.165, 1.54) is 5.56 Å². The van der Waals surface area contributed by atoms with Gasteiger partial charge in [-0.05, 0) is 17.7 Å². The van der Waals surface area contributed by atoms with Crippen LogP contribution in [0.15, 0.2) is 36.4 Å². The third kappa shape index (κ3) is 2.45. The molecule has 3 aromatic rings. The van der Waals surface area contributed by atoms with E-state index < -0.39 is 0 Å². The zero-order valence-corrected chi connectivity index (χ0v) is 13.0. The van der Waals surface area contributed by atoms with Crippen LogP contribution in [0.2, 0.25) is 0 Å². The van der Waals surface area contributed by atoms with Crippen LogP contribution in [0.3, 0.4) is 0 Å². The molecule has 0 atom stereocenters. The molecule has 1 aromatic heterocycles. The van der Waals surface area contributed by atoms with Crippen molar-refractivity contribution in [3.8, 4) is 11.5 Å². The Balaban J connectivity index is 2.03. The molecule has 2 N–H and O–H groups in total. The van der Waals surface area contributed by atoms with Crippen molar-refractivity contribution in [1.82, 2.24) is 9.55 Å². The average molecular weight is 297 g/mol. The molecule has 0 spiro atoms. The molecule has 22 heavy (non-hydrogen) atoms. The summed E-state index contributed by atoms with van der Waals surface area (Å²) in [4.78, 5) is 4.71. The highest BCUT2D eigenvalue weighted by Gasteiger charge is 2.13. The zero-order valence-electron chi connectivity index (χ0n) is 13.0. The number of aromatic nitrogens is 2. The number of aryl methyl sites for hydroxylation is 1. The molecule has 2 aromatic carbocycles. The molecule has 0 amide bonds. The standard InChI is InChI=1S/C17H19N3O2/c1-20-14-10-16(22-3)15(21-2)9-13(14)19-17(20)8-11-4-6-12(18)7-5-11/h4-7,9-10H,8,18H2,1-3H3. The minimum Gasteiger partial charge on any atom is -0.493 e. The summed E-state index contributed by atoms with van der Waals surface area (Å²) in [6, 6.07) is 11.7. The predicted octanol–water partition coefficient (Wildman–Crippen LogP) is 2.76. The van der Waals surface area contributed by atoms with Crippen LogP contribution in [0, 0.1) is 0 Å². The van der Waals surface area contributed by atoms with Gasteiger partial charge in [0, 0.05) is 31.3 Å². The van der Waals surface area contributed by atoms with Gasteiger partial charge in [0.1, 0.15) is 5.82 Å². The summed E-state index contributed by atoms with van der Waals surface area (Å²) in [5.41, 5.74) is 9.58. The van der Waals surface area contributed by atoms with Crippen LogP contribution in [-0.2, 0) is 13.5 Å². The van der Waals surface area contributed by atoms with Crippen molar-refractivity contribution in [1.29, 1.82) is 0 Å². The number of nitrogens with two attached hydrogens (primary N) is 1. The van der Waals surface area contributed by atoms with Crippen LogP contribution >= 0.6 is 0 Å². The van der Waals surface area contributed by atoms with Gasteiger partial charge in [0.25, 0.3) is 0 Å². The molecule has 0 aliphatic rings. The number of imidazole rings is 1. The molecule has 0 saturated heterocycles. The Morgan fingerprint density at radius 1 is 1.05 bits per heavy atom. The van der Waals surface area contributed by atoms with Crippen molar-refractivity contribution in [2.45, 2.75) is 6.42 Å². The molecule has 114 valence electrons. The number of nitrogens with zero attached hydrogens (tertiary/aromatic N) is 2. The number of anilines is 1. The quantitative estimate of drug-likeness (QED) is 0.752. The summed E-state index contributed by atoms with van der Waals surface area (Å²) in [6.45, 7) is 0. The molecule has 5 heteroatoms. The second-order valence-corrected chi connectivity index (χ2v) is 5.20. The van der Waals surface area contributed by atoms with Crippen molar-refractivity contribution in [2.24, 2.45) is 7.05 Å². The lowest BCUT2D eigenvalue weighted by Gasteiger charge is -2.07. The van der Waals surface area contributed by atoms with Crippen molar-refractivity contribution in [3.63, 3.8) is 0 Å². The van der Waals surface area contributed by atoms with Crippen LogP contribution in [0.1, 0.15) is 11.4 Å². The first-order valence-electron chi connectivity index (χ1n) is 7.04. The van der Waals surface area contributed by atoms with Crippen LogP contribution in [0.4, 0.5) is 5.69 Å². The van der Waals surface area contributed by atoms with Crippen molar-refractivity contribution in [3.05, 3.63) is 47.8 Å². The SMILES string of the molecule is COc1cc2nc(Cc3ccc(N)cc3)n(C)c2cc1OC. The van der Waals surface area contributed by atoms with E-state index in [1.807, 2.05) is 43.4 Å². The highest BCUT2D eigenvalue weighted by Crippen LogP contribution is 2.32. The van der Waals surface area contributed by atoms with E-state index in [0.717, 1.165) is 29.0 Å². The van der Waals surface area contributed by atoms with Gasteiger partial charge in [-0.1, -0.05) is 12.1 Å². The van der Waals surface area contributed by atoms with Crippen molar-refractivity contribution in [2.75, 3.05) is 20.0 Å². The number of hydrogen-bond acceptors (Lipinski definition) is 4. The summed E-state index contributed by atoms with van der Waals surface area (Å²) in [5.74, 6) is 2.37. The number of methoxy groups -OCH3 is 2. The molecule has 0 bridgehead atoms. The van der Waals surface area contributed by atoms with Gasteiger partial charge in [0.2, 0.25) is 0 Å². The molecule has 3 rings (SSSR count). The topological polar surface area (TPSA) is 62.3 Å². The lowest BCUT2D eigenvalue weighted by Crippen LogP contribution is -1.99. The number of nitrogen functional groups attached to an aromatic ring is 1. The largest absolute Gasteiger partial charge is 0.493 e. The average Bonchev–Trinajstić information content (AvgIpc) is 2.83. The molecule has 0 unspecified atom stereocenters. The Morgan fingerprint density at radius 2 is 1.68 bits per heavy atom. The first kappa shape index (κ1) is 14.3. The van der Waals surface area contributed by atoms with E-state index in [2.05, 4.69) is 4.57 Å². The monoisotopic (exact) mass is 297 g/mol. The smallest absolute Gasteiger partial charge is 0.163 e. The van der Waals surface area contributed by atoms with E-state index >= 15 is 0 Å². The normalized spacial score (nSPS) is 10.9. The van der Waals surface area contributed by atoms with E-state index in [9.17, 15) is 0 Å². The molecular weight excluding hydrogens is 278 g/mol. The first-order valence-corrected chi connectivity index (χ1v) is 7.04. The zero-order chi connectivity index (χ0) is 15.7. The third-order valence-electron chi connectivity index (χ3n) is 3.82. The molecule has 5 nitrogen and oxygen atoms in total. The maximum Gasteiger partial charge on any atom is 0.163 e. The number of rotatable bonds is 4. The first-order chi connectivity index (χ1) is 10.6. The third-order valence-corrected chi connectivity index (χ3v) is 3.82. The van der Waals surface area contributed by atoms with Crippen LogP contribution in [0.5, 0.6) is 11.5 Å². The van der Waals surface area contributed by atoms with Gasteiger partial charge in [-0.2, -0.15) is 0 Å². The van der Waals surface area contributed by atoms with Gasteiger partial charge in [-0.3, -0.25) is 0 Å².